The highest BCUT2D eigenvalue weighted by Crippen LogP contribution is 2.24. The number of nitrogens with zero attached hydrogens (tertiary/aromatic N) is 2. The van der Waals surface area contributed by atoms with E-state index in [9.17, 15) is 26.4 Å². The number of hydrogen-bond donors (Lipinski definition) is 0. The van der Waals surface area contributed by atoms with Crippen molar-refractivity contribution in [1.29, 1.82) is 0 Å². The van der Waals surface area contributed by atoms with E-state index in [1.54, 1.807) is 0 Å². The fraction of sp³-hybridized carbons (Fsp3) is 0.533. The molecule has 2 rings (SSSR count). The zero-order valence-electron chi connectivity index (χ0n) is 13.7. The molecular weight excluding hydrogens is 361 g/mol. The lowest BCUT2D eigenvalue weighted by molar-refractivity contribution is -0.137. The minimum atomic E-state index is -4.32. The molecule has 1 aromatic carbocycles. The molecule has 0 spiro atoms. The van der Waals surface area contributed by atoms with Crippen LogP contribution in [0.25, 0.3) is 0 Å². The first-order valence-electron chi connectivity index (χ1n) is 7.78. The largest absolute Gasteiger partial charge is 0.372 e. The standard InChI is InChI=1S/C15H19F3N2O4S/c1-2-9-24-10-13(21)19-5-7-20(8-6-19)25(22,23)12-4-3-11(16)14(17)15(12)18/h3-4H,2,5-10H2,1H3. The third-order valence-electron chi connectivity index (χ3n) is 3.78. The Labute approximate surface area is 144 Å². The lowest BCUT2D eigenvalue weighted by Crippen LogP contribution is -2.51. The molecule has 0 bridgehead atoms. The summed E-state index contributed by atoms with van der Waals surface area (Å²) in [6, 6.07) is 1.26. The zero-order valence-corrected chi connectivity index (χ0v) is 14.5. The summed E-state index contributed by atoms with van der Waals surface area (Å²) < 4.78 is 71.0. The highest BCUT2D eigenvalue weighted by atomic mass is 32.2. The van der Waals surface area contributed by atoms with Gasteiger partial charge in [0, 0.05) is 32.8 Å². The van der Waals surface area contributed by atoms with E-state index in [1.165, 1.54) is 4.90 Å². The molecule has 0 radical (unpaired) electrons. The van der Waals surface area contributed by atoms with Gasteiger partial charge in [-0.15, -0.1) is 0 Å². The summed E-state index contributed by atoms with van der Waals surface area (Å²) >= 11 is 0. The third-order valence-corrected chi connectivity index (χ3v) is 5.70. The first-order chi connectivity index (χ1) is 11.8. The molecule has 0 unspecified atom stereocenters. The fourth-order valence-corrected chi connectivity index (χ4v) is 3.90. The van der Waals surface area contributed by atoms with Crippen molar-refractivity contribution in [3.05, 3.63) is 29.6 Å². The Morgan fingerprint density at radius 1 is 1.12 bits per heavy atom. The molecule has 1 heterocycles. The van der Waals surface area contributed by atoms with Crippen molar-refractivity contribution in [3.8, 4) is 0 Å². The SMILES string of the molecule is CCCOCC(=O)N1CCN(S(=O)(=O)c2ccc(F)c(F)c2F)CC1. The minimum absolute atomic E-state index is 0.0692. The number of ether oxygens (including phenoxy) is 1. The van der Waals surface area contributed by atoms with Crippen molar-refractivity contribution in [2.24, 2.45) is 0 Å². The van der Waals surface area contributed by atoms with Gasteiger partial charge in [-0.1, -0.05) is 6.92 Å². The maximum atomic E-state index is 13.8. The van der Waals surface area contributed by atoms with Gasteiger partial charge < -0.3 is 9.64 Å². The first kappa shape index (κ1) is 19.7. The second kappa shape index (κ2) is 8.15. The monoisotopic (exact) mass is 380 g/mol. The topological polar surface area (TPSA) is 66.9 Å². The smallest absolute Gasteiger partial charge is 0.248 e. The van der Waals surface area contributed by atoms with Gasteiger partial charge in [0.25, 0.3) is 0 Å². The molecule has 1 aromatic rings. The van der Waals surface area contributed by atoms with Crippen LogP contribution in [-0.2, 0) is 19.6 Å². The molecule has 0 N–H and O–H groups in total. The second-order valence-corrected chi connectivity index (χ2v) is 7.42. The van der Waals surface area contributed by atoms with E-state index in [2.05, 4.69) is 0 Å². The molecule has 1 aliphatic rings. The zero-order chi connectivity index (χ0) is 18.6. The van der Waals surface area contributed by atoms with Crippen LogP contribution in [0.15, 0.2) is 17.0 Å². The van der Waals surface area contributed by atoms with E-state index >= 15 is 0 Å². The van der Waals surface area contributed by atoms with Crippen LogP contribution in [0.3, 0.4) is 0 Å². The van der Waals surface area contributed by atoms with Gasteiger partial charge in [0.2, 0.25) is 15.9 Å². The lowest BCUT2D eigenvalue weighted by Gasteiger charge is -2.34. The maximum absolute atomic E-state index is 13.8. The molecule has 140 valence electrons. The van der Waals surface area contributed by atoms with Crippen LogP contribution < -0.4 is 0 Å². The first-order valence-corrected chi connectivity index (χ1v) is 9.22. The Morgan fingerprint density at radius 3 is 2.36 bits per heavy atom. The van der Waals surface area contributed by atoms with E-state index in [0.29, 0.717) is 18.7 Å². The molecule has 1 aliphatic heterocycles. The highest BCUT2D eigenvalue weighted by molar-refractivity contribution is 7.89. The molecule has 0 saturated carbocycles. The lowest BCUT2D eigenvalue weighted by atomic mass is 10.3. The number of halogens is 3. The maximum Gasteiger partial charge on any atom is 0.248 e. The van der Waals surface area contributed by atoms with Crippen LogP contribution in [0, 0.1) is 17.5 Å². The van der Waals surface area contributed by atoms with E-state index in [0.717, 1.165) is 10.7 Å². The number of carbonyl (C=O) groups is 1. The number of carbonyl (C=O) groups excluding carboxylic acids is 1. The molecule has 0 aliphatic carbocycles. The molecule has 10 heteroatoms. The average Bonchev–Trinajstić information content (AvgIpc) is 2.59. The summed E-state index contributed by atoms with van der Waals surface area (Å²) in [5.41, 5.74) is 0. The molecule has 1 amide bonds. The summed E-state index contributed by atoms with van der Waals surface area (Å²) in [5.74, 6) is -5.29. The van der Waals surface area contributed by atoms with Crippen LogP contribution in [0.2, 0.25) is 0 Å². The Kier molecular flexibility index (Phi) is 6.42. The molecule has 25 heavy (non-hydrogen) atoms. The Bertz CT molecular complexity index is 735. The van der Waals surface area contributed by atoms with Crippen molar-refractivity contribution < 1.29 is 31.1 Å². The number of hydrogen-bond acceptors (Lipinski definition) is 4. The van der Waals surface area contributed by atoms with Gasteiger partial charge in [0.15, 0.2) is 17.5 Å². The number of amides is 1. The van der Waals surface area contributed by atoms with Crippen LogP contribution in [0.4, 0.5) is 13.2 Å². The summed E-state index contributed by atoms with van der Waals surface area (Å²) in [6.45, 7) is 2.36. The molecular formula is C15H19F3N2O4S. The number of benzene rings is 1. The summed E-state index contributed by atoms with van der Waals surface area (Å²) in [5, 5.41) is 0. The highest BCUT2D eigenvalue weighted by Gasteiger charge is 2.33. The van der Waals surface area contributed by atoms with Gasteiger partial charge in [-0.2, -0.15) is 4.31 Å². The quantitative estimate of drug-likeness (QED) is 0.552. The van der Waals surface area contributed by atoms with Crippen molar-refractivity contribution in [2.45, 2.75) is 18.2 Å². The van der Waals surface area contributed by atoms with Crippen molar-refractivity contribution in [1.82, 2.24) is 9.21 Å². The predicted molar refractivity (Wildman–Crippen MR) is 82.8 cm³/mol. The summed E-state index contributed by atoms with van der Waals surface area (Å²) in [4.78, 5) is 12.4. The predicted octanol–water partition coefficient (Wildman–Crippen LogP) is 1.36. The van der Waals surface area contributed by atoms with Crippen LogP contribution >= 0.6 is 0 Å². The normalized spacial score (nSPS) is 16.2. The molecule has 6 nitrogen and oxygen atoms in total. The Balaban J connectivity index is 2.05. The molecule has 0 atom stereocenters. The van der Waals surface area contributed by atoms with Gasteiger partial charge in [0.05, 0.1) is 0 Å². The van der Waals surface area contributed by atoms with Crippen molar-refractivity contribution in [3.63, 3.8) is 0 Å². The van der Waals surface area contributed by atoms with Crippen LogP contribution in [-0.4, -0.2) is 62.9 Å². The van der Waals surface area contributed by atoms with Gasteiger partial charge in [0.1, 0.15) is 11.5 Å². The van der Waals surface area contributed by atoms with Crippen molar-refractivity contribution >= 4 is 15.9 Å². The number of sulfonamides is 1. The summed E-state index contributed by atoms with van der Waals surface area (Å²) in [6.07, 6.45) is 0.777. The Hall–Kier alpha value is -1.65. The van der Waals surface area contributed by atoms with E-state index in [-0.39, 0.29) is 38.7 Å². The number of piperazine rings is 1. The summed E-state index contributed by atoms with van der Waals surface area (Å²) in [7, 11) is -4.32. The molecule has 1 saturated heterocycles. The molecule has 1 fully saturated rings. The van der Waals surface area contributed by atoms with E-state index in [4.69, 9.17) is 4.74 Å². The Morgan fingerprint density at radius 2 is 1.76 bits per heavy atom. The van der Waals surface area contributed by atoms with E-state index in [1.807, 2.05) is 6.92 Å². The van der Waals surface area contributed by atoms with Gasteiger partial charge in [-0.05, 0) is 18.6 Å². The fourth-order valence-electron chi connectivity index (χ4n) is 2.42. The van der Waals surface area contributed by atoms with E-state index < -0.39 is 32.4 Å². The van der Waals surface area contributed by atoms with Gasteiger partial charge in [-0.3, -0.25) is 4.79 Å². The van der Waals surface area contributed by atoms with Crippen LogP contribution in [0.1, 0.15) is 13.3 Å². The molecule has 0 aromatic heterocycles. The van der Waals surface area contributed by atoms with Crippen LogP contribution in [0.5, 0.6) is 0 Å². The average molecular weight is 380 g/mol. The number of rotatable bonds is 6. The minimum Gasteiger partial charge on any atom is -0.372 e. The van der Waals surface area contributed by atoms with Crippen molar-refractivity contribution in [2.75, 3.05) is 39.4 Å². The van der Waals surface area contributed by atoms with Gasteiger partial charge in [-0.25, -0.2) is 21.6 Å². The third kappa shape index (κ3) is 4.31. The second-order valence-electron chi connectivity index (χ2n) is 5.51. The van der Waals surface area contributed by atoms with Gasteiger partial charge >= 0.3 is 0 Å².